The first-order chi connectivity index (χ1) is 16.9. The van der Waals surface area contributed by atoms with Gasteiger partial charge >= 0.3 is 8.46 Å². The van der Waals surface area contributed by atoms with Gasteiger partial charge in [0.1, 0.15) is 0 Å². The van der Waals surface area contributed by atoms with Crippen LogP contribution in [0.5, 0.6) is 0 Å². The van der Waals surface area contributed by atoms with Crippen LogP contribution in [0.15, 0.2) is 70.6 Å². The molecule has 36 heavy (non-hydrogen) atoms. The Morgan fingerprint density at radius 3 is 1.39 bits per heavy atom. The Morgan fingerprint density at radius 1 is 0.750 bits per heavy atom. The van der Waals surface area contributed by atoms with Crippen molar-refractivity contribution in [3.8, 4) is 0 Å². The highest BCUT2D eigenvalue weighted by Gasteiger charge is 2.24. The molecule has 3 aliphatic carbocycles. The van der Waals surface area contributed by atoms with Crippen LogP contribution in [0, 0.1) is 5.41 Å². The van der Waals surface area contributed by atoms with Crippen LogP contribution in [-0.2, 0) is 42.7 Å². The molecular weight excluding hydrogens is 487 g/mol. The van der Waals surface area contributed by atoms with E-state index >= 15 is 0 Å². The van der Waals surface area contributed by atoms with Gasteiger partial charge in [-0.3, -0.25) is 19.2 Å². The van der Waals surface area contributed by atoms with E-state index in [4.69, 9.17) is 0 Å². The number of Topliss-reactive ketones (excluding diaryl/α,β-unsaturated/α-hetero) is 2. The Bertz CT molecular complexity index is 986. The average Bonchev–Trinajstić information content (AvgIpc) is 2.83. The molecule has 1 unspecified atom stereocenters. The van der Waals surface area contributed by atoms with Gasteiger partial charge in [0.2, 0.25) is 0 Å². The quantitative estimate of drug-likeness (QED) is 0.382. The van der Waals surface area contributed by atoms with Crippen LogP contribution in [0.25, 0.3) is 0 Å². The van der Waals surface area contributed by atoms with Gasteiger partial charge in [0.15, 0.2) is 40.8 Å². The topological polar surface area (TPSA) is 122 Å². The molecule has 0 aromatic carbocycles. The van der Waals surface area contributed by atoms with Crippen molar-refractivity contribution in [2.24, 2.45) is 5.41 Å². The van der Waals surface area contributed by atoms with Crippen LogP contribution in [0.1, 0.15) is 27.2 Å². The van der Waals surface area contributed by atoms with Crippen molar-refractivity contribution in [3.05, 3.63) is 70.6 Å². The molecule has 0 aromatic rings. The summed E-state index contributed by atoms with van der Waals surface area (Å²) in [4.78, 5) is 44.2. The number of ketones is 4. The molecule has 0 spiro atoms. The average molecular weight is 520 g/mol. The predicted octanol–water partition coefficient (Wildman–Crippen LogP) is 3.71. The van der Waals surface area contributed by atoms with E-state index in [9.17, 15) is 23.7 Å². The molecule has 0 aromatic heterocycles. The predicted molar refractivity (Wildman–Crippen MR) is 135 cm³/mol. The lowest BCUT2D eigenvalue weighted by Crippen LogP contribution is -2.16. The van der Waals surface area contributed by atoms with E-state index in [2.05, 4.69) is 51.9 Å². The smallest absolute Gasteiger partial charge is 0.329 e. The molecule has 194 valence electrons. The third-order valence-corrected chi connectivity index (χ3v) is 5.66. The van der Waals surface area contributed by atoms with Crippen LogP contribution in [0.4, 0.5) is 0 Å². The molecule has 0 N–H and O–H groups in total. The molecule has 3 rings (SSSR count). The lowest BCUT2D eigenvalue weighted by molar-refractivity contribution is -0.120. The summed E-state index contributed by atoms with van der Waals surface area (Å²) in [6.45, 7) is 6.59. The Labute approximate surface area is 212 Å². The van der Waals surface area contributed by atoms with E-state index < -0.39 is 11.6 Å². The minimum Gasteiger partial charge on any atom is -0.492 e. The van der Waals surface area contributed by atoms with Crippen molar-refractivity contribution in [1.82, 2.24) is 0 Å². The molecule has 0 fully saturated rings. The van der Waals surface area contributed by atoms with Gasteiger partial charge in [-0.1, -0.05) is 36.1 Å². The second-order valence-electron chi connectivity index (χ2n) is 8.44. The number of carbonyl (C=O) groups is 4. The van der Waals surface area contributed by atoms with Gasteiger partial charge in [0.05, 0.1) is 28.4 Å². The Morgan fingerprint density at radius 2 is 1.11 bits per heavy atom. The molecule has 0 bridgehead atoms. The van der Waals surface area contributed by atoms with Gasteiger partial charge in [0.25, 0.3) is 11.6 Å². The Kier molecular flexibility index (Phi) is 11.9. The second kappa shape index (κ2) is 14.1. The van der Waals surface area contributed by atoms with Crippen LogP contribution >= 0.6 is 8.46 Å². The van der Waals surface area contributed by atoms with Crippen LogP contribution in [0.3, 0.4) is 0 Å². The van der Waals surface area contributed by atoms with Crippen LogP contribution < -0.4 is 0 Å². The van der Waals surface area contributed by atoms with Gasteiger partial charge in [-0.15, -0.1) is 0 Å². The summed E-state index contributed by atoms with van der Waals surface area (Å²) in [5, 5.41) is 0. The van der Waals surface area contributed by atoms with E-state index in [1.54, 1.807) is 0 Å². The molecule has 10 heteroatoms. The summed E-state index contributed by atoms with van der Waals surface area (Å²) in [5.41, 5.74) is 2.95. The first-order valence-corrected chi connectivity index (χ1v) is 12.0. The number of methoxy groups -OCH3 is 4. The SMILES string of the molecule is CC1=C(C[PH+]=O)C=CC(C)(C)C1.COC1=CC(=O)C=C(OC)C1=O.COC1=CC(=O)C=C(OC)C1=O. The molecule has 0 amide bonds. The summed E-state index contributed by atoms with van der Waals surface area (Å²) in [5.74, 6) is -1.36. The first-order valence-electron chi connectivity index (χ1n) is 10.9. The van der Waals surface area contributed by atoms with Crippen LogP contribution in [0.2, 0.25) is 0 Å². The third-order valence-electron chi connectivity index (χ3n) is 5.14. The second-order valence-corrected chi connectivity index (χ2v) is 9.08. The van der Waals surface area contributed by atoms with Gasteiger partial charge in [-0.2, -0.15) is 0 Å². The minimum absolute atomic E-state index is 0.0133. The van der Waals surface area contributed by atoms with E-state index in [0.717, 1.165) is 36.9 Å². The number of ether oxygens (including phenoxy) is 4. The Balaban J connectivity index is 0.000000270. The van der Waals surface area contributed by atoms with E-state index in [1.165, 1.54) is 39.6 Å². The number of hydrogen-bond donors (Lipinski definition) is 0. The van der Waals surface area contributed by atoms with Crippen molar-refractivity contribution in [2.75, 3.05) is 34.6 Å². The fraction of sp³-hybridized carbons (Fsp3) is 0.385. The number of allylic oxidation sites excluding steroid dienone is 8. The molecule has 0 saturated carbocycles. The maximum Gasteiger partial charge on any atom is 0.329 e. The van der Waals surface area contributed by atoms with Gasteiger partial charge in [0, 0.05) is 24.3 Å². The fourth-order valence-electron chi connectivity index (χ4n) is 3.32. The lowest BCUT2D eigenvalue weighted by atomic mass is 9.80. The Hall–Kier alpha value is -3.58. The zero-order valence-corrected chi connectivity index (χ0v) is 22.6. The maximum atomic E-state index is 11.2. The minimum atomic E-state index is -0.403. The van der Waals surface area contributed by atoms with Crippen molar-refractivity contribution in [2.45, 2.75) is 27.2 Å². The summed E-state index contributed by atoms with van der Waals surface area (Å²) in [7, 11) is 5.11. The number of carbonyl (C=O) groups excluding carboxylic acids is 4. The van der Waals surface area contributed by atoms with Gasteiger partial charge in [-0.25, -0.2) is 0 Å². The summed E-state index contributed by atoms with van der Waals surface area (Å²) < 4.78 is 29.2. The first kappa shape index (κ1) is 30.5. The molecule has 0 saturated heterocycles. The maximum absolute atomic E-state index is 11.2. The molecule has 1 atom stereocenters. The molecular formula is C26H32O9P+. The van der Waals surface area contributed by atoms with E-state index in [1.807, 2.05) is 0 Å². The number of hydrogen-bond acceptors (Lipinski definition) is 9. The zero-order chi connectivity index (χ0) is 27.5. The monoisotopic (exact) mass is 519 g/mol. The highest BCUT2D eigenvalue weighted by molar-refractivity contribution is 7.24. The molecule has 9 nitrogen and oxygen atoms in total. The van der Waals surface area contributed by atoms with Crippen molar-refractivity contribution >= 4 is 31.6 Å². The number of rotatable bonds is 6. The zero-order valence-electron chi connectivity index (χ0n) is 21.6. The summed E-state index contributed by atoms with van der Waals surface area (Å²) in [6, 6.07) is 0. The standard InChI is InChI=1S/C10H15OP.2C8H8O4/c1-8-6-10(2,3)5-4-9(8)7-12-11;2*1-11-6-3-5(9)4-7(12-2)8(6)10/h4-5H,6-7H2,1-3H3;2*3-4H,1-2H3/p+1. The van der Waals surface area contributed by atoms with Gasteiger partial charge < -0.3 is 18.9 Å². The summed E-state index contributed by atoms with van der Waals surface area (Å²) >= 11 is 0. The molecule has 0 radical (unpaired) electrons. The largest absolute Gasteiger partial charge is 0.492 e. The van der Waals surface area contributed by atoms with Crippen LogP contribution in [-0.4, -0.2) is 57.7 Å². The molecule has 3 aliphatic rings. The molecule has 0 heterocycles. The fourth-order valence-corrected chi connectivity index (χ4v) is 3.90. The van der Waals surface area contributed by atoms with Gasteiger partial charge in [-0.05, 0) is 24.3 Å². The third kappa shape index (κ3) is 8.89. The lowest BCUT2D eigenvalue weighted by Gasteiger charge is -2.25. The summed E-state index contributed by atoms with van der Waals surface area (Å²) in [6.07, 6.45) is 10.7. The van der Waals surface area contributed by atoms with E-state index in [-0.39, 0.29) is 43.1 Å². The van der Waals surface area contributed by atoms with E-state index in [0.29, 0.717) is 5.41 Å². The van der Waals surface area contributed by atoms with Crippen molar-refractivity contribution < 1.29 is 42.7 Å². The highest BCUT2D eigenvalue weighted by atomic mass is 31.1. The normalized spacial score (nSPS) is 18.5. The van der Waals surface area contributed by atoms with Crippen molar-refractivity contribution in [3.63, 3.8) is 0 Å². The van der Waals surface area contributed by atoms with Crippen molar-refractivity contribution in [1.29, 1.82) is 0 Å². The molecule has 0 aliphatic heterocycles. The highest BCUT2D eigenvalue weighted by Crippen LogP contribution is 2.33.